The van der Waals surface area contributed by atoms with Gasteiger partial charge < -0.3 is 20.1 Å². The van der Waals surface area contributed by atoms with Crippen molar-refractivity contribution in [2.24, 2.45) is 5.92 Å². The number of methoxy groups -OCH3 is 1. The lowest BCUT2D eigenvalue weighted by molar-refractivity contribution is -0.124. The van der Waals surface area contributed by atoms with Crippen molar-refractivity contribution in [1.29, 1.82) is 0 Å². The van der Waals surface area contributed by atoms with E-state index in [9.17, 15) is 9.59 Å². The summed E-state index contributed by atoms with van der Waals surface area (Å²) in [5, 5.41) is 5.48. The Morgan fingerprint density at radius 2 is 1.71 bits per heavy atom. The Morgan fingerprint density at radius 3 is 2.21 bits per heavy atom. The first kappa shape index (κ1) is 19.8. The molecule has 2 N–H and O–H groups in total. The Bertz CT molecular complexity index is 526. The zero-order chi connectivity index (χ0) is 18.1. The molecule has 6 heteroatoms. The number of alkyl carbamates (subject to hydrolysis) is 1. The predicted octanol–water partition coefficient (Wildman–Crippen LogP) is 2.51. The molecule has 0 aromatic heterocycles. The molecule has 6 nitrogen and oxygen atoms in total. The molecule has 1 atom stereocenters. The van der Waals surface area contributed by atoms with Gasteiger partial charge in [-0.3, -0.25) is 4.79 Å². The SMILES string of the molecule is COc1ccc(CCNC(=O)C(NC(=O)OC(C)C)C(C)C)cc1. The number of ether oxygens (including phenoxy) is 2. The molecule has 2 amide bonds. The number of hydrogen-bond acceptors (Lipinski definition) is 4. The second kappa shape index (κ2) is 9.80. The first-order valence-corrected chi connectivity index (χ1v) is 8.21. The second-order valence-corrected chi connectivity index (χ2v) is 6.21. The average Bonchev–Trinajstić information content (AvgIpc) is 2.52. The molecule has 1 aromatic carbocycles. The van der Waals surface area contributed by atoms with Crippen LogP contribution in [0.3, 0.4) is 0 Å². The van der Waals surface area contributed by atoms with E-state index < -0.39 is 12.1 Å². The molecule has 0 spiro atoms. The van der Waals surface area contributed by atoms with E-state index in [1.165, 1.54) is 0 Å². The Balaban J connectivity index is 2.48. The molecule has 0 saturated heterocycles. The van der Waals surface area contributed by atoms with Crippen LogP contribution in [0.1, 0.15) is 33.3 Å². The normalized spacial score (nSPS) is 12.0. The smallest absolute Gasteiger partial charge is 0.408 e. The molecule has 0 heterocycles. The monoisotopic (exact) mass is 336 g/mol. The number of carbonyl (C=O) groups is 2. The highest BCUT2D eigenvalue weighted by atomic mass is 16.6. The van der Waals surface area contributed by atoms with E-state index in [0.717, 1.165) is 11.3 Å². The van der Waals surface area contributed by atoms with Gasteiger partial charge >= 0.3 is 6.09 Å². The van der Waals surface area contributed by atoms with Crippen molar-refractivity contribution in [3.63, 3.8) is 0 Å². The molecule has 0 bridgehead atoms. The summed E-state index contributed by atoms with van der Waals surface area (Å²) in [5.74, 6) is 0.556. The van der Waals surface area contributed by atoms with E-state index in [0.29, 0.717) is 13.0 Å². The fourth-order valence-corrected chi connectivity index (χ4v) is 2.14. The molecular weight excluding hydrogens is 308 g/mol. The quantitative estimate of drug-likeness (QED) is 0.765. The highest BCUT2D eigenvalue weighted by Crippen LogP contribution is 2.11. The largest absolute Gasteiger partial charge is 0.497 e. The fraction of sp³-hybridized carbons (Fsp3) is 0.556. The van der Waals surface area contributed by atoms with Crippen LogP contribution in [0.2, 0.25) is 0 Å². The van der Waals surface area contributed by atoms with Gasteiger partial charge in [-0.25, -0.2) is 4.79 Å². The summed E-state index contributed by atoms with van der Waals surface area (Å²) in [7, 11) is 1.62. The van der Waals surface area contributed by atoms with Gasteiger partial charge in [-0.15, -0.1) is 0 Å². The van der Waals surface area contributed by atoms with E-state index in [1.54, 1.807) is 21.0 Å². The number of carbonyl (C=O) groups excluding carboxylic acids is 2. The fourth-order valence-electron chi connectivity index (χ4n) is 2.14. The Morgan fingerprint density at radius 1 is 1.08 bits per heavy atom. The van der Waals surface area contributed by atoms with Crippen molar-refractivity contribution >= 4 is 12.0 Å². The van der Waals surface area contributed by atoms with E-state index >= 15 is 0 Å². The van der Waals surface area contributed by atoms with Crippen LogP contribution in [-0.2, 0) is 16.0 Å². The van der Waals surface area contributed by atoms with Crippen LogP contribution in [0, 0.1) is 5.92 Å². The molecule has 0 saturated carbocycles. The van der Waals surface area contributed by atoms with E-state index in [2.05, 4.69) is 10.6 Å². The van der Waals surface area contributed by atoms with Gasteiger partial charge in [0, 0.05) is 6.54 Å². The first-order valence-electron chi connectivity index (χ1n) is 8.21. The summed E-state index contributed by atoms with van der Waals surface area (Å²) < 4.78 is 10.1. The van der Waals surface area contributed by atoms with Gasteiger partial charge in [0.25, 0.3) is 0 Å². The van der Waals surface area contributed by atoms with Gasteiger partial charge in [0.1, 0.15) is 11.8 Å². The van der Waals surface area contributed by atoms with Gasteiger partial charge in [0.2, 0.25) is 5.91 Å². The van der Waals surface area contributed by atoms with Crippen molar-refractivity contribution < 1.29 is 19.1 Å². The summed E-state index contributed by atoms with van der Waals surface area (Å²) in [5.41, 5.74) is 1.10. The Labute approximate surface area is 143 Å². The summed E-state index contributed by atoms with van der Waals surface area (Å²) in [4.78, 5) is 24.0. The number of rotatable bonds is 8. The van der Waals surface area contributed by atoms with Crippen LogP contribution in [-0.4, -0.2) is 37.8 Å². The lowest BCUT2D eigenvalue weighted by atomic mass is 10.0. The number of hydrogen-bond donors (Lipinski definition) is 2. The molecule has 0 aliphatic carbocycles. The lowest BCUT2D eigenvalue weighted by Crippen LogP contribution is -2.50. The van der Waals surface area contributed by atoms with Crippen LogP contribution in [0.4, 0.5) is 4.79 Å². The number of amides is 2. The van der Waals surface area contributed by atoms with Gasteiger partial charge in [-0.2, -0.15) is 0 Å². The zero-order valence-corrected chi connectivity index (χ0v) is 15.1. The molecule has 134 valence electrons. The molecule has 24 heavy (non-hydrogen) atoms. The molecule has 0 aliphatic heterocycles. The first-order chi connectivity index (χ1) is 11.3. The third-order valence-electron chi connectivity index (χ3n) is 3.44. The van der Waals surface area contributed by atoms with Crippen LogP contribution in [0.15, 0.2) is 24.3 Å². The van der Waals surface area contributed by atoms with Crippen LogP contribution >= 0.6 is 0 Å². The summed E-state index contributed by atoms with van der Waals surface area (Å²) in [6.45, 7) is 7.78. The van der Waals surface area contributed by atoms with Crippen molar-refractivity contribution in [2.45, 2.75) is 46.3 Å². The average molecular weight is 336 g/mol. The minimum absolute atomic E-state index is 0.0364. The second-order valence-electron chi connectivity index (χ2n) is 6.21. The van der Waals surface area contributed by atoms with Gasteiger partial charge in [-0.05, 0) is 43.9 Å². The van der Waals surface area contributed by atoms with E-state index in [1.807, 2.05) is 38.1 Å². The van der Waals surface area contributed by atoms with Crippen LogP contribution in [0.25, 0.3) is 0 Å². The highest BCUT2D eigenvalue weighted by molar-refractivity contribution is 5.85. The lowest BCUT2D eigenvalue weighted by Gasteiger charge is -2.22. The third-order valence-corrected chi connectivity index (χ3v) is 3.44. The molecular formula is C18H28N2O4. The Kier molecular flexibility index (Phi) is 8.09. The van der Waals surface area contributed by atoms with Gasteiger partial charge in [0.15, 0.2) is 0 Å². The van der Waals surface area contributed by atoms with Crippen molar-refractivity contribution in [3.05, 3.63) is 29.8 Å². The summed E-state index contributed by atoms with van der Waals surface area (Å²) in [6.07, 6.45) is -0.0956. The molecule has 1 unspecified atom stereocenters. The van der Waals surface area contributed by atoms with Gasteiger partial charge in [-0.1, -0.05) is 26.0 Å². The van der Waals surface area contributed by atoms with Crippen molar-refractivity contribution in [3.8, 4) is 5.75 Å². The topological polar surface area (TPSA) is 76.7 Å². The maximum Gasteiger partial charge on any atom is 0.408 e. The minimum Gasteiger partial charge on any atom is -0.497 e. The van der Waals surface area contributed by atoms with Crippen molar-refractivity contribution in [2.75, 3.05) is 13.7 Å². The van der Waals surface area contributed by atoms with Gasteiger partial charge in [0.05, 0.1) is 13.2 Å². The number of nitrogens with one attached hydrogen (secondary N) is 2. The maximum absolute atomic E-state index is 12.3. The minimum atomic E-state index is -0.618. The Hall–Kier alpha value is -2.24. The molecule has 0 fully saturated rings. The van der Waals surface area contributed by atoms with E-state index in [-0.39, 0.29) is 17.9 Å². The van der Waals surface area contributed by atoms with Crippen LogP contribution in [0.5, 0.6) is 5.75 Å². The maximum atomic E-state index is 12.3. The molecule has 0 aliphatic rings. The summed E-state index contributed by atoms with van der Waals surface area (Å²) in [6, 6.07) is 7.08. The predicted molar refractivity (Wildman–Crippen MR) is 93.1 cm³/mol. The molecule has 0 radical (unpaired) electrons. The van der Waals surface area contributed by atoms with Crippen LogP contribution < -0.4 is 15.4 Å². The highest BCUT2D eigenvalue weighted by Gasteiger charge is 2.24. The standard InChI is InChI=1S/C18H28N2O4/c1-12(2)16(20-18(22)24-13(3)4)17(21)19-11-10-14-6-8-15(23-5)9-7-14/h6-9,12-13,16H,10-11H2,1-5H3,(H,19,21)(H,20,22). The number of benzene rings is 1. The molecule has 1 rings (SSSR count). The molecule has 1 aromatic rings. The summed E-state index contributed by atoms with van der Waals surface area (Å²) >= 11 is 0. The van der Waals surface area contributed by atoms with E-state index in [4.69, 9.17) is 9.47 Å². The zero-order valence-electron chi connectivity index (χ0n) is 15.1. The van der Waals surface area contributed by atoms with Crippen molar-refractivity contribution in [1.82, 2.24) is 10.6 Å². The third kappa shape index (κ3) is 6.89.